The van der Waals surface area contributed by atoms with Gasteiger partial charge in [-0.3, -0.25) is 13.9 Å². The van der Waals surface area contributed by atoms with Gasteiger partial charge < -0.3 is 10.2 Å². The molecule has 2 rings (SSSR count). The lowest BCUT2D eigenvalue weighted by Gasteiger charge is -2.33. The number of anilines is 1. The van der Waals surface area contributed by atoms with Gasteiger partial charge in [0.25, 0.3) is 0 Å². The van der Waals surface area contributed by atoms with E-state index >= 15 is 0 Å². The monoisotopic (exact) mass is 511 g/mol. The highest BCUT2D eigenvalue weighted by Crippen LogP contribution is 2.23. The van der Waals surface area contributed by atoms with E-state index in [-0.39, 0.29) is 18.1 Å². The predicted molar refractivity (Wildman–Crippen MR) is 133 cm³/mol. The Morgan fingerprint density at radius 1 is 1.12 bits per heavy atom. The van der Waals surface area contributed by atoms with E-state index in [0.29, 0.717) is 23.6 Å². The van der Waals surface area contributed by atoms with Crippen LogP contribution in [0.2, 0.25) is 5.02 Å². The maximum atomic E-state index is 13.5. The molecule has 186 valence electrons. The van der Waals surface area contributed by atoms with Crippen LogP contribution in [-0.4, -0.2) is 50.5 Å². The number of carbonyl (C=O) groups is 2. The molecule has 0 aliphatic rings. The minimum atomic E-state index is -3.83. The number of sulfonamides is 1. The molecule has 0 bridgehead atoms. The molecule has 2 amide bonds. The average molecular weight is 512 g/mol. The standard InChI is InChI=1S/C24H31ClFN3O4S/c1-4-6-14-27-24(31)22(5-2)28(16-18-10-12-20(26)13-11-18)23(30)17-29(34(3,32)33)21-9-7-8-19(25)15-21/h7-13,15,22H,4-6,14,16-17H2,1-3H3,(H,27,31). The molecule has 0 heterocycles. The fourth-order valence-electron chi connectivity index (χ4n) is 3.46. The summed E-state index contributed by atoms with van der Waals surface area (Å²) in [6.07, 6.45) is 3.02. The Balaban J connectivity index is 2.39. The first kappa shape index (κ1) is 27.6. The van der Waals surface area contributed by atoms with Gasteiger partial charge in [-0.05, 0) is 48.7 Å². The Morgan fingerprint density at radius 3 is 2.35 bits per heavy atom. The molecule has 10 heteroatoms. The van der Waals surface area contributed by atoms with Crippen LogP contribution in [-0.2, 0) is 26.2 Å². The van der Waals surface area contributed by atoms with Crippen LogP contribution in [0.4, 0.5) is 10.1 Å². The van der Waals surface area contributed by atoms with Crippen LogP contribution in [0.3, 0.4) is 0 Å². The molecular weight excluding hydrogens is 481 g/mol. The fraction of sp³-hybridized carbons (Fsp3) is 0.417. The van der Waals surface area contributed by atoms with E-state index in [4.69, 9.17) is 11.6 Å². The number of benzene rings is 2. The number of nitrogens with zero attached hydrogens (tertiary/aromatic N) is 2. The summed E-state index contributed by atoms with van der Waals surface area (Å²) in [6.45, 7) is 3.76. The van der Waals surface area contributed by atoms with Gasteiger partial charge in [0, 0.05) is 18.1 Å². The van der Waals surface area contributed by atoms with Crippen molar-refractivity contribution in [1.82, 2.24) is 10.2 Å². The third kappa shape index (κ3) is 7.99. The minimum Gasteiger partial charge on any atom is -0.354 e. The summed E-state index contributed by atoms with van der Waals surface area (Å²) in [4.78, 5) is 27.8. The molecule has 0 spiro atoms. The zero-order valence-electron chi connectivity index (χ0n) is 19.6. The number of nitrogens with one attached hydrogen (secondary N) is 1. The SMILES string of the molecule is CCCCNC(=O)C(CC)N(Cc1ccc(F)cc1)C(=O)CN(c1cccc(Cl)c1)S(C)(=O)=O. The van der Waals surface area contributed by atoms with Crippen molar-refractivity contribution in [3.05, 3.63) is 64.9 Å². The summed E-state index contributed by atoms with van der Waals surface area (Å²) < 4.78 is 39.4. The van der Waals surface area contributed by atoms with Gasteiger partial charge >= 0.3 is 0 Å². The molecule has 1 N–H and O–H groups in total. The second kappa shape index (κ2) is 12.7. The summed E-state index contributed by atoms with van der Waals surface area (Å²) in [6, 6.07) is 11.0. The van der Waals surface area contributed by atoms with Gasteiger partial charge in [-0.1, -0.05) is 50.1 Å². The van der Waals surface area contributed by atoms with Gasteiger partial charge in [-0.2, -0.15) is 0 Å². The van der Waals surface area contributed by atoms with E-state index in [9.17, 15) is 22.4 Å². The molecule has 0 aliphatic carbocycles. The van der Waals surface area contributed by atoms with Gasteiger partial charge in [0.2, 0.25) is 21.8 Å². The molecule has 1 unspecified atom stereocenters. The Hall–Kier alpha value is -2.65. The van der Waals surface area contributed by atoms with E-state index in [1.165, 1.54) is 35.2 Å². The van der Waals surface area contributed by atoms with Crippen LogP contribution in [0.5, 0.6) is 0 Å². The summed E-state index contributed by atoms with van der Waals surface area (Å²) in [7, 11) is -3.83. The average Bonchev–Trinajstić information content (AvgIpc) is 2.78. The Morgan fingerprint density at radius 2 is 1.79 bits per heavy atom. The fourth-order valence-corrected chi connectivity index (χ4v) is 4.48. The lowest BCUT2D eigenvalue weighted by molar-refractivity contribution is -0.140. The number of hydrogen-bond donors (Lipinski definition) is 1. The third-order valence-corrected chi connectivity index (χ3v) is 6.63. The molecule has 0 saturated carbocycles. The van der Waals surface area contributed by atoms with Crippen molar-refractivity contribution >= 4 is 39.1 Å². The number of rotatable bonds is 12. The van der Waals surface area contributed by atoms with Gasteiger partial charge in [0.05, 0.1) is 11.9 Å². The van der Waals surface area contributed by atoms with Crippen LogP contribution in [0.15, 0.2) is 48.5 Å². The van der Waals surface area contributed by atoms with Crippen molar-refractivity contribution in [2.24, 2.45) is 0 Å². The molecule has 0 fully saturated rings. The predicted octanol–water partition coefficient (Wildman–Crippen LogP) is 3.97. The van der Waals surface area contributed by atoms with E-state index in [1.807, 2.05) is 6.92 Å². The smallest absolute Gasteiger partial charge is 0.244 e. The summed E-state index contributed by atoms with van der Waals surface area (Å²) in [5.74, 6) is -1.30. The molecule has 1 atom stereocenters. The summed E-state index contributed by atoms with van der Waals surface area (Å²) >= 11 is 6.03. The normalized spacial score (nSPS) is 12.1. The second-order valence-electron chi connectivity index (χ2n) is 7.97. The van der Waals surface area contributed by atoms with Crippen molar-refractivity contribution in [1.29, 1.82) is 0 Å². The van der Waals surface area contributed by atoms with Crippen molar-refractivity contribution in [2.45, 2.75) is 45.7 Å². The van der Waals surface area contributed by atoms with E-state index in [0.717, 1.165) is 23.4 Å². The van der Waals surface area contributed by atoms with Crippen molar-refractivity contribution in [3.8, 4) is 0 Å². The number of carbonyl (C=O) groups excluding carboxylic acids is 2. The van der Waals surface area contributed by atoms with Crippen LogP contribution < -0.4 is 9.62 Å². The van der Waals surface area contributed by atoms with E-state index in [1.54, 1.807) is 25.1 Å². The summed E-state index contributed by atoms with van der Waals surface area (Å²) in [5.41, 5.74) is 0.855. The van der Waals surface area contributed by atoms with Gasteiger partial charge in [-0.25, -0.2) is 12.8 Å². The van der Waals surface area contributed by atoms with Gasteiger partial charge in [-0.15, -0.1) is 0 Å². The minimum absolute atomic E-state index is 0.0198. The zero-order chi connectivity index (χ0) is 25.3. The van der Waals surface area contributed by atoms with Gasteiger partial charge in [0.1, 0.15) is 18.4 Å². The Bertz CT molecular complexity index is 1080. The molecular formula is C24H31ClFN3O4S. The van der Waals surface area contributed by atoms with Crippen LogP contribution >= 0.6 is 11.6 Å². The highest BCUT2D eigenvalue weighted by molar-refractivity contribution is 7.92. The highest BCUT2D eigenvalue weighted by Gasteiger charge is 2.31. The quantitative estimate of drug-likeness (QED) is 0.437. The maximum Gasteiger partial charge on any atom is 0.244 e. The molecule has 0 radical (unpaired) electrons. The largest absolute Gasteiger partial charge is 0.354 e. The van der Waals surface area contributed by atoms with Crippen molar-refractivity contribution in [2.75, 3.05) is 23.7 Å². The molecule has 2 aromatic rings. The lowest BCUT2D eigenvalue weighted by atomic mass is 10.1. The first-order valence-electron chi connectivity index (χ1n) is 11.1. The van der Waals surface area contributed by atoms with Crippen molar-refractivity contribution < 1.29 is 22.4 Å². The first-order valence-corrected chi connectivity index (χ1v) is 13.3. The van der Waals surface area contributed by atoms with Crippen LogP contribution in [0.1, 0.15) is 38.7 Å². The molecule has 34 heavy (non-hydrogen) atoms. The first-order chi connectivity index (χ1) is 16.1. The third-order valence-electron chi connectivity index (χ3n) is 5.26. The summed E-state index contributed by atoms with van der Waals surface area (Å²) in [5, 5.41) is 3.17. The number of amides is 2. The zero-order valence-corrected chi connectivity index (χ0v) is 21.2. The Kier molecular flexibility index (Phi) is 10.3. The lowest BCUT2D eigenvalue weighted by Crippen LogP contribution is -2.52. The van der Waals surface area contributed by atoms with E-state index in [2.05, 4.69) is 5.32 Å². The molecule has 2 aromatic carbocycles. The maximum absolute atomic E-state index is 13.5. The number of halogens is 2. The van der Waals surface area contributed by atoms with Crippen LogP contribution in [0, 0.1) is 5.82 Å². The molecule has 0 aliphatic heterocycles. The van der Waals surface area contributed by atoms with Gasteiger partial charge in [0.15, 0.2) is 0 Å². The van der Waals surface area contributed by atoms with E-state index < -0.39 is 34.3 Å². The topological polar surface area (TPSA) is 86.8 Å². The number of unbranched alkanes of at least 4 members (excludes halogenated alkanes) is 1. The molecule has 7 nitrogen and oxygen atoms in total. The highest BCUT2D eigenvalue weighted by atomic mass is 35.5. The molecule has 0 aromatic heterocycles. The van der Waals surface area contributed by atoms with Crippen LogP contribution in [0.25, 0.3) is 0 Å². The molecule has 0 saturated heterocycles. The van der Waals surface area contributed by atoms with Crippen molar-refractivity contribution in [3.63, 3.8) is 0 Å². The number of hydrogen-bond acceptors (Lipinski definition) is 4. The second-order valence-corrected chi connectivity index (χ2v) is 10.3. The Labute approximate surface area is 205 Å².